The highest BCUT2D eigenvalue weighted by Crippen LogP contribution is 2.24. The summed E-state index contributed by atoms with van der Waals surface area (Å²) < 4.78 is 54.3. The first kappa shape index (κ1) is 63.4. The molecular weight excluding hydrogens is 873 g/mol. The van der Waals surface area contributed by atoms with Crippen molar-refractivity contribution in [1.82, 2.24) is 0 Å². The number of carbonyl (C=O) groups is 2. The van der Waals surface area contributed by atoms with E-state index in [4.69, 9.17) is 18.9 Å². The van der Waals surface area contributed by atoms with Crippen molar-refractivity contribution in [2.45, 2.75) is 301 Å². The molecule has 1 fully saturated rings. The van der Waals surface area contributed by atoms with E-state index in [0.29, 0.717) is 12.8 Å². The maximum absolute atomic E-state index is 12.9. The largest absolute Gasteiger partial charge is 0.462 e. The topological polar surface area (TPSA) is 186 Å². The lowest BCUT2D eigenvalue weighted by Crippen LogP contribution is -2.60. The van der Waals surface area contributed by atoms with Gasteiger partial charge in [0, 0.05) is 12.8 Å². The molecule has 13 heteroatoms. The van der Waals surface area contributed by atoms with Crippen molar-refractivity contribution >= 4 is 22.1 Å². The third-order valence-electron chi connectivity index (χ3n) is 13.1. The Morgan fingerprint density at radius 3 is 1.24 bits per heavy atom. The third kappa shape index (κ3) is 38.8. The van der Waals surface area contributed by atoms with Crippen LogP contribution in [0.5, 0.6) is 0 Å². The third-order valence-corrected chi connectivity index (χ3v) is 13.8. The number of hydrogen-bond acceptors (Lipinski definition) is 11. The molecule has 396 valence electrons. The zero-order chi connectivity index (χ0) is 49.1. The molecule has 1 rings (SSSR count). The molecule has 1 heterocycles. The number of aliphatic hydroxyl groups is 3. The summed E-state index contributed by atoms with van der Waals surface area (Å²) in [5, 5.41) is 31.0. The maximum Gasteiger partial charge on any atom is 0.306 e. The number of aliphatic hydroxyl groups excluding tert-OH is 3. The van der Waals surface area contributed by atoms with Crippen molar-refractivity contribution in [3.63, 3.8) is 0 Å². The van der Waals surface area contributed by atoms with Crippen LogP contribution in [0.4, 0.5) is 0 Å². The first-order valence-corrected chi connectivity index (χ1v) is 29.4. The average molecular weight is 975 g/mol. The molecule has 12 nitrogen and oxygen atoms in total. The van der Waals surface area contributed by atoms with Crippen LogP contribution in [0, 0.1) is 0 Å². The zero-order valence-corrected chi connectivity index (χ0v) is 43.6. The van der Waals surface area contributed by atoms with Crippen LogP contribution in [0.15, 0.2) is 12.2 Å². The lowest BCUT2D eigenvalue weighted by Gasteiger charge is -2.40. The molecule has 0 aromatic rings. The minimum atomic E-state index is -4.60. The fourth-order valence-corrected chi connectivity index (χ4v) is 9.48. The van der Waals surface area contributed by atoms with Crippen LogP contribution in [0.1, 0.15) is 264 Å². The number of rotatable bonds is 48. The van der Waals surface area contributed by atoms with Crippen LogP contribution in [0.25, 0.3) is 0 Å². The van der Waals surface area contributed by atoms with Crippen molar-refractivity contribution in [2.24, 2.45) is 0 Å². The van der Waals surface area contributed by atoms with E-state index in [9.17, 15) is 37.9 Å². The van der Waals surface area contributed by atoms with Gasteiger partial charge in [-0.2, -0.15) is 8.42 Å². The van der Waals surface area contributed by atoms with Crippen molar-refractivity contribution in [1.29, 1.82) is 0 Å². The van der Waals surface area contributed by atoms with E-state index in [-0.39, 0.29) is 19.4 Å². The van der Waals surface area contributed by atoms with Gasteiger partial charge in [0.15, 0.2) is 12.4 Å². The molecule has 1 aliphatic heterocycles. The molecule has 0 bridgehead atoms. The normalized spacial score (nSPS) is 19.3. The molecule has 67 heavy (non-hydrogen) atoms. The van der Waals surface area contributed by atoms with Crippen LogP contribution in [-0.4, -0.2) is 96.0 Å². The molecule has 0 amide bonds. The Labute approximate surface area is 409 Å². The number of ether oxygens (including phenoxy) is 4. The molecule has 6 unspecified atom stereocenters. The molecule has 1 aliphatic rings. The zero-order valence-electron chi connectivity index (χ0n) is 42.8. The minimum absolute atomic E-state index is 0.159. The van der Waals surface area contributed by atoms with Crippen molar-refractivity contribution < 1.29 is 56.8 Å². The first-order valence-electron chi connectivity index (χ1n) is 27.7. The van der Waals surface area contributed by atoms with Crippen molar-refractivity contribution in [2.75, 3.05) is 19.0 Å². The maximum atomic E-state index is 12.9. The number of unbranched alkanes of at least 4 members (excludes halogenated alkanes) is 34. The quantitative estimate of drug-likeness (QED) is 0.0196. The van der Waals surface area contributed by atoms with Crippen LogP contribution in [-0.2, 0) is 38.7 Å². The monoisotopic (exact) mass is 975 g/mol. The van der Waals surface area contributed by atoms with Crippen LogP contribution < -0.4 is 0 Å². The second-order valence-electron chi connectivity index (χ2n) is 19.6. The Morgan fingerprint density at radius 1 is 0.493 bits per heavy atom. The fraction of sp³-hybridized carbons (Fsp3) is 0.926. The van der Waals surface area contributed by atoms with E-state index < -0.39 is 71.2 Å². The van der Waals surface area contributed by atoms with E-state index in [1.807, 2.05) is 0 Å². The van der Waals surface area contributed by atoms with Crippen LogP contribution >= 0.6 is 0 Å². The van der Waals surface area contributed by atoms with Crippen molar-refractivity contribution in [3.05, 3.63) is 12.2 Å². The highest BCUT2D eigenvalue weighted by atomic mass is 32.2. The number of hydrogen-bond donors (Lipinski definition) is 4. The number of carbonyl (C=O) groups excluding carboxylic acids is 2. The van der Waals surface area contributed by atoms with Gasteiger partial charge in [0.25, 0.3) is 10.1 Å². The number of allylic oxidation sites excluding steroid dienone is 2. The Morgan fingerprint density at radius 2 is 0.851 bits per heavy atom. The van der Waals surface area contributed by atoms with Gasteiger partial charge in [-0.15, -0.1) is 0 Å². The van der Waals surface area contributed by atoms with Crippen LogP contribution in [0.3, 0.4) is 0 Å². The summed E-state index contributed by atoms with van der Waals surface area (Å²) in [6.07, 6.45) is 41.2. The van der Waals surface area contributed by atoms with Gasteiger partial charge in [-0.05, 0) is 38.5 Å². The average Bonchev–Trinajstić information content (AvgIpc) is 3.30. The van der Waals surface area contributed by atoms with E-state index >= 15 is 0 Å². The van der Waals surface area contributed by atoms with Gasteiger partial charge in [-0.3, -0.25) is 14.1 Å². The Balaban J connectivity index is 2.29. The molecule has 0 aliphatic carbocycles. The second-order valence-corrected chi connectivity index (χ2v) is 21.1. The molecule has 0 aromatic heterocycles. The molecule has 4 N–H and O–H groups in total. The van der Waals surface area contributed by atoms with Gasteiger partial charge in [-0.25, -0.2) is 0 Å². The first-order chi connectivity index (χ1) is 32.5. The van der Waals surface area contributed by atoms with Gasteiger partial charge in [0.2, 0.25) is 0 Å². The Kier molecular flexibility index (Phi) is 42.0. The summed E-state index contributed by atoms with van der Waals surface area (Å²) in [4.78, 5) is 25.6. The van der Waals surface area contributed by atoms with E-state index in [0.717, 1.165) is 57.8 Å². The highest BCUT2D eigenvalue weighted by molar-refractivity contribution is 7.85. The van der Waals surface area contributed by atoms with E-state index in [1.165, 1.54) is 167 Å². The Bertz CT molecular complexity index is 1280. The predicted octanol–water partition coefficient (Wildman–Crippen LogP) is 13.0. The summed E-state index contributed by atoms with van der Waals surface area (Å²) in [7, 11) is -4.60. The molecule has 0 saturated carbocycles. The molecule has 0 radical (unpaired) electrons. The van der Waals surface area contributed by atoms with Gasteiger partial charge in [-0.1, -0.05) is 225 Å². The summed E-state index contributed by atoms with van der Waals surface area (Å²) in [6.45, 7) is 3.80. The predicted molar refractivity (Wildman–Crippen MR) is 270 cm³/mol. The SMILES string of the molecule is CCCCCCCC/C=C\CCCCCCCC(=O)OC(COC(=O)CCCCCCCCCCCCCCCCCCCCCCCCCC)COC1OC(CS(=O)(=O)O)C(O)C(O)C1O. The lowest BCUT2D eigenvalue weighted by atomic mass is 10.00. The van der Waals surface area contributed by atoms with E-state index in [2.05, 4.69) is 26.0 Å². The van der Waals surface area contributed by atoms with Gasteiger partial charge in [0.1, 0.15) is 36.8 Å². The molecule has 1 saturated heterocycles. The molecule has 0 spiro atoms. The number of esters is 2. The summed E-state index contributed by atoms with van der Waals surface area (Å²) in [6, 6.07) is 0. The van der Waals surface area contributed by atoms with Crippen molar-refractivity contribution in [3.8, 4) is 0 Å². The molecule has 0 aromatic carbocycles. The van der Waals surface area contributed by atoms with Gasteiger partial charge >= 0.3 is 11.9 Å². The Hall–Kier alpha value is -1.61. The van der Waals surface area contributed by atoms with E-state index in [1.54, 1.807) is 0 Å². The summed E-state index contributed by atoms with van der Waals surface area (Å²) >= 11 is 0. The van der Waals surface area contributed by atoms with Gasteiger partial charge < -0.3 is 34.3 Å². The second kappa shape index (κ2) is 44.3. The summed E-state index contributed by atoms with van der Waals surface area (Å²) in [5.41, 5.74) is 0. The summed E-state index contributed by atoms with van der Waals surface area (Å²) in [5.74, 6) is -1.97. The fourth-order valence-electron chi connectivity index (χ4n) is 8.79. The standard InChI is InChI=1S/C54H102O12S/c1-3-5-7-9-11-13-15-17-19-20-21-22-23-24-25-26-27-29-30-32-34-36-38-40-42-49(55)63-44-47(45-64-54-53(59)52(58)51(57)48(66-54)46-67(60,61)62)65-50(56)43-41-39-37-35-33-31-28-18-16-14-12-10-8-6-4-2/h18,28,47-48,51-54,57-59H,3-17,19-27,29-46H2,1-2H3,(H,60,61,62)/b28-18-. The lowest BCUT2D eigenvalue weighted by molar-refractivity contribution is -0.297. The van der Waals surface area contributed by atoms with Crippen LogP contribution in [0.2, 0.25) is 0 Å². The smallest absolute Gasteiger partial charge is 0.306 e. The highest BCUT2D eigenvalue weighted by Gasteiger charge is 2.46. The van der Waals surface area contributed by atoms with Gasteiger partial charge in [0.05, 0.1) is 6.61 Å². The minimum Gasteiger partial charge on any atom is -0.462 e. The molecule has 6 atom stereocenters. The molecular formula is C54H102O12S.